The first-order chi connectivity index (χ1) is 8.58. The Labute approximate surface area is 105 Å². The molecule has 2 aromatic carbocycles. The number of amides is 1. The van der Waals surface area contributed by atoms with E-state index in [2.05, 4.69) is 5.32 Å². The molecule has 0 radical (unpaired) electrons. The molecule has 0 unspecified atom stereocenters. The zero-order valence-electron chi connectivity index (χ0n) is 9.84. The van der Waals surface area contributed by atoms with Crippen LogP contribution in [-0.4, -0.2) is 16.1 Å². The fourth-order valence-corrected chi connectivity index (χ4v) is 1.55. The average Bonchev–Trinajstić information content (AvgIpc) is 2.34. The molecule has 1 amide bonds. The van der Waals surface area contributed by atoms with Gasteiger partial charge in [0, 0.05) is 11.8 Å². The van der Waals surface area contributed by atoms with Gasteiger partial charge in [0.2, 0.25) is 0 Å². The molecule has 4 heteroatoms. The molecule has 0 saturated heterocycles. The number of hydrogen-bond donors (Lipinski definition) is 3. The lowest BCUT2D eigenvalue weighted by Crippen LogP contribution is -2.11. The summed E-state index contributed by atoms with van der Waals surface area (Å²) in [6.07, 6.45) is 0. The fraction of sp³-hybridized carbons (Fsp3) is 0.0714. The molecule has 0 heterocycles. The summed E-state index contributed by atoms with van der Waals surface area (Å²) in [5, 5.41) is 21.7. The smallest absolute Gasteiger partial charge is 0.259 e. The van der Waals surface area contributed by atoms with Crippen LogP contribution in [0.25, 0.3) is 0 Å². The molecule has 2 aromatic rings. The van der Waals surface area contributed by atoms with E-state index in [-0.39, 0.29) is 17.1 Å². The molecule has 0 aromatic heterocycles. The number of carbonyl (C=O) groups excluding carboxylic acids is 1. The molecule has 3 N–H and O–H groups in total. The molecule has 4 nitrogen and oxygen atoms in total. The van der Waals surface area contributed by atoms with E-state index < -0.39 is 5.91 Å². The Morgan fingerprint density at radius 1 is 1.06 bits per heavy atom. The van der Waals surface area contributed by atoms with Gasteiger partial charge in [0.1, 0.15) is 11.5 Å². The summed E-state index contributed by atoms with van der Waals surface area (Å²) < 4.78 is 0. The van der Waals surface area contributed by atoms with Crippen molar-refractivity contribution < 1.29 is 15.0 Å². The molecule has 0 saturated carbocycles. The Hall–Kier alpha value is -2.49. The van der Waals surface area contributed by atoms with Crippen molar-refractivity contribution in [2.45, 2.75) is 6.92 Å². The summed E-state index contributed by atoms with van der Waals surface area (Å²) >= 11 is 0. The second-order valence-corrected chi connectivity index (χ2v) is 3.97. The Morgan fingerprint density at radius 3 is 2.44 bits per heavy atom. The standard InChI is InChI=1S/C14H13NO3/c1-9-6-7-10(8-13(9)17)15-14(18)11-4-2-3-5-12(11)16/h2-8,16-17H,1H3,(H,15,18). The van der Waals surface area contributed by atoms with Gasteiger partial charge in [-0.05, 0) is 30.7 Å². The van der Waals surface area contributed by atoms with Crippen molar-refractivity contribution in [1.29, 1.82) is 0 Å². The fourth-order valence-electron chi connectivity index (χ4n) is 1.55. The van der Waals surface area contributed by atoms with Gasteiger partial charge in [0.25, 0.3) is 5.91 Å². The normalized spacial score (nSPS) is 10.1. The number of aryl methyl sites for hydroxylation is 1. The summed E-state index contributed by atoms with van der Waals surface area (Å²) in [7, 11) is 0. The van der Waals surface area contributed by atoms with Crippen LogP contribution in [0.5, 0.6) is 11.5 Å². The monoisotopic (exact) mass is 243 g/mol. The number of phenolic OH excluding ortho intramolecular Hbond substituents is 2. The van der Waals surface area contributed by atoms with Crippen molar-refractivity contribution in [2.24, 2.45) is 0 Å². The number of nitrogens with one attached hydrogen (secondary N) is 1. The first kappa shape index (κ1) is 12.0. The van der Waals surface area contributed by atoms with Crippen LogP contribution in [0.1, 0.15) is 15.9 Å². The third kappa shape index (κ3) is 2.43. The Kier molecular flexibility index (Phi) is 3.19. The molecule has 18 heavy (non-hydrogen) atoms. The number of hydrogen-bond acceptors (Lipinski definition) is 3. The SMILES string of the molecule is Cc1ccc(NC(=O)c2ccccc2O)cc1O. The lowest BCUT2D eigenvalue weighted by Gasteiger charge is -2.08. The highest BCUT2D eigenvalue weighted by Gasteiger charge is 2.10. The maximum absolute atomic E-state index is 11.9. The maximum Gasteiger partial charge on any atom is 0.259 e. The van der Waals surface area contributed by atoms with Crippen molar-refractivity contribution in [3.8, 4) is 11.5 Å². The first-order valence-corrected chi connectivity index (χ1v) is 5.47. The highest BCUT2D eigenvalue weighted by molar-refractivity contribution is 6.06. The summed E-state index contributed by atoms with van der Waals surface area (Å²) in [4.78, 5) is 11.9. The van der Waals surface area contributed by atoms with Gasteiger partial charge in [-0.15, -0.1) is 0 Å². The van der Waals surface area contributed by atoms with Gasteiger partial charge >= 0.3 is 0 Å². The summed E-state index contributed by atoms with van der Waals surface area (Å²) in [5.74, 6) is -0.382. The Bertz CT molecular complexity index is 593. The molecule has 0 atom stereocenters. The van der Waals surface area contributed by atoms with Crippen LogP contribution >= 0.6 is 0 Å². The number of rotatable bonds is 2. The minimum Gasteiger partial charge on any atom is -0.508 e. The van der Waals surface area contributed by atoms with E-state index in [1.54, 1.807) is 31.2 Å². The number of benzene rings is 2. The predicted octanol–water partition coefficient (Wildman–Crippen LogP) is 2.66. The van der Waals surface area contributed by atoms with E-state index in [9.17, 15) is 15.0 Å². The quantitative estimate of drug-likeness (QED) is 0.759. The number of phenols is 2. The predicted molar refractivity (Wildman–Crippen MR) is 68.9 cm³/mol. The second-order valence-electron chi connectivity index (χ2n) is 3.97. The summed E-state index contributed by atoms with van der Waals surface area (Å²) in [5.41, 5.74) is 1.40. The molecule has 92 valence electrons. The number of carbonyl (C=O) groups is 1. The molecule has 0 spiro atoms. The molecule has 0 aliphatic carbocycles. The molecular weight excluding hydrogens is 230 g/mol. The lowest BCUT2D eigenvalue weighted by atomic mass is 10.1. The highest BCUT2D eigenvalue weighted by Crippen LogP contribution is 2.22. The van der Waals surface area contributed by atoms with Crippen molar-refractivity contribution in [3.63, 3.8) is 0 Å². The molecule has 2 rings (SSSR count). The average molecular weight is 243 g/mol. The third-order valence-corrected chi connectivity index (χ3v) is 2.62. The van der Waals surface area contributed by atoms with Crippen molar-refractivity contribution in [2.75, 3.05) is 5.32 Å². The third-order valence-electron chi connectivity index (χ3n) is 2.62. The zero-order chi connectivity index (χ0) is 13.1. The van der Waals surface area contributed by atoms with E-state index in [0.717, 1.165) is 5.56 Å². The largest absolute Gasteiger partial charge is 0.508 e. The van der Waals surface area contributed by atoms with Crippen LogP contribution in [0.4, 0.5) is 5.69 Å². The minimum atomic E-state index is -0.420. The van der Waals surface area contributed by atoms with Gasteiger partial charge in [0.05, 0.1) is 5.56 Å². The number of aromatic hydroxyl groups is 2. The van der Waals surface area contributed by atoms with Crippen molar-refractivity contribution in [1.82, 2.24) is 0 Å². The first-order valence-electron chi connectivity index (χ1n) is 5.47. The van der Waals surface area contributed by atoms with E-state index in [1.165, 1.54) is 18.2 Å². The molecule has 0 aliphatic heterocycles. The van der Waals surface area contributed by atoms with Gasteiger partial charge in [-0.2, -0.15) is 0 Å². The summed E-state index contributed by atoms with van der Waals surface area (Å²) in [6, 6.07) is 11.1. The second kappa shape index (κ2) is 4.79. The van der Waals surface area contributed by atoms with Gasteiger partial charge in [-0.25, -0.2) is 0 Å². The number of para-hydroxylation sites is 1. The topological polar surface area (TPSA) is 69.6 Å². The maximum atomic E-state index is 11.9. The number of anilines is 1. The molecule has 0 fully saturated rings. The van der Waals surface area contributed by atoms with Crippen LogP contribution in [0, 0.1) is 6.92 Å². The van der Waals surface area contributed by atoms with E-state index >= 15 is 0 Å². The lowest BCUT2D eigenvalue weighted by molar-refractivity contribution is 0.102. The molecular formula is C14H13NO3. The van der Waals surface area contributed by atoms with Gasteiger partial charge < -0.3 is 15.5 Å². The molecule has 0 aliphatic rings. The minimum absolute atomic E-state index is 0.0775. The summed E-state index contributed by atoms with van der Waals surface area (Å²) in [6.45, 7) is 1.77. The highest BCUT2D eigenvalue weighted by atomic mass is 16.3. The van der Waals surface area contributed by atoms with Crippen LogP contribution in [0.3, 0.4) is 0 Å². The molecule has 0 bridgehead atoms. The van der Waals surface area contributed by atoms with Crippen LogP contribution in [-0.2, 0) is 0 Å². The van der Waals surface area contributed by atoms with E-state index in [4.69, 9.17) is 0 Å². The van der Waals surface area contributed by atoms with Gasteiger partial charge in [-0.3, -0.25) is 4.79 Å². The van der Waals surface area contributed by atoms with Gasteiger partial charge in [-0.1, -0.05) is 18.2 Å². The van der Waals surface area contributed by atoms with Crippen LogP contribution < -0.4 is 5.32 Å². The van der Waals surface area contributed by atoms with Crippen LogP contribution in [0.15, 0.2) is 42.5 Å². The zero-order valence-corrected chi connectivity index (χ0v) is 9.84. The van der Waals surface area contributed by atoms with Gasteiger partial charge in [0.15, 0.2) is 0 Å². The van der Waals surface area contributed by atoms with Crippen LogP contribution in [0.2, 0.25) is 0 Å². The van der Waals surface area contributed by atoms with Crippen molar-refractivity contribution in [3.05, 3.63) is 53.6 Å². The van der Waals surface area contributed by atoms with E-state index in [0.29, 0.717) is 5.69 Å². The Morgan fingerprint density at radius 2 is 1.78 bits per heavy atom. The Balaban J connectivity index is 2.22. The van der Waals surface area contributed by atoms with E-state index in [1.807, 2.05) is 0 Å². The van der Waals surface area contributed by atoms with Crippen molar-refractivity contribution >= 4 is 11.6 Å².